The van der Waals surface area contributed by atoms with Gasteiger partial charge in [-0.05, 0) is 67.0 Å². The van der Waals surface area contributed by atoms with Gasteiger partial charge in [-0.15, -0.1) is 0 Å². The number of ether oxygens (including phenoxy) is 1. The summed E-state index contributed by atoms with van der Waals surface area (Å²) in [5.41, 5.74) is 5.05. The van der Waals surface area contributed by atoms with Gasteiger partial charge in [-0.25, -0.2) is 0 Å². The SMILES string of the molecule is Cc1c(OC(C(C)C)C(C)C)ccc(C(NC(=O)C2=CCC=C2)N(C)c2ccccc2)c1C. The molecule has 4 heteroatoms. The van der Waals surface area contributed by atoms with Crippen molar-refractivity contribution in [1.82, 2.24) is 5.32 Å². The van der Waals surface area contributed by atoms with E-state index >= 15 is 0 Å². The number of anilines is 1. The number of carbonyl (C=O) groups excluding carboxylic acids is 1. The van der Waals surface area contributed by atoms with Crippen molar-refractivity contribution >= 4 is 11.6 Å². The first-order valence-corrected chi connectivity index (χ1v) is 11.9. The van der Waals surface area contributed by atoms with Gasteiger partial charge in [0.05, 0.1) is 0 Å². The fraction of sp³-hybridized carbons (Fsp3) is 0.414. The van der Waals surface area contributed by atoms with Crippen molar-refractivity contribution in [3.8, 4) is 5.75 Å². The molecule has 0 radical (unpaired) electrons. The highest BCUT2D eigenvalue weighted by Crippen LogP contribution is 2.33. The van der Waals surface area contributed by atoms with Crippen LogP contribution in [0.25, 0.3) is 0 Å². The van der Waals surface area contributed by atoms with Crippen molar-refractivity contribution in [2.24, 2.45) is 11.8 Å². The molecule has 0 aromatic heterocycles. The Kier molecular flexibility index (Phi) is 8.01. The fourth-order valence-electron chi connectivity index (χ4n) is 4.46. The van der Waals surface area contributed by atoms with Crippen LogP contribution >= 0.6 is 0 Å². The summed E-state index contributed by atoms with van der Waals surface area (Å²) in [5, 5.41) is 3.26. The molecular weight excluding hydrogens is 408 g/mol. The van der Waals surface area contributed by atoms with Crippen molar-refractivity contribution in [3.63, 3.8) is 0 Å². The molecule has 1 amide bonds. The first kappa shape index (κ1) is 24.6. The zero-order chi connectivity index (χ0) is 24.1. The normalized spacial score (nSPS) is 14.1. The molecule has 0 bridgehead atoms. The predicted molar refractivity (Wildman–Crippen MR) is 138 cm³/mol. The van der Waals surface area contributed by atoms with Crippen LogP contribution in [-0.4, -0.2) is 19.1 Å². The summed E-state index contributed by atoms with van der Waals surface area (Å²) in [7, 11) is 2.02. The van der Waals surface area contributed by atoms with Crippen LogP contribution < -0.4 is 15.0 Å². The van der Waals surface area contributed by atoms with E-state index in [2.05, 4.69) is 76.0 Å². The minimum atomic E-state index is -0.312. The lowest BCUT2D eigenvalue weighted by molar-refractivity contribution is -0.117. The molecule has 2 aromatic carbocycles. The van der Waals surface area contributed by atoms with Gasteiger partial charge in [-0.2, -0.15) is 0 Å². The summed E-state index contributed by atoms with van der Waals surface area (Å²) >= 11 is 0. The van der Waals surface area contributed by atoms with Crippen LogP contribution in [0.3, 0.4) is 0 Å². The first-order chi connectivity index (χ1) is 15.7. The van der Waals surface area contributed by atoms with Crippen molar-refractivity contribution in [2.45, 2.75) is 60.2 Å². The average Bonchev–Trinajstić information content (AvgIpc) is 3.33. The molecule has 176 valence electrons. The standard InChI is InChI=1S/C29H38N2O2/c1-19(2)27(20(3)4)33-26-18-17-25(21(5)22(26)6)28(30-29(32)23-13-11-12-14-23)31(7)24-15-9-8-10-16-24/h8-11,13-20,27-28H,12H2,1-7H3,(H,30,32). The number of hydrogen-bond acceptors (Lipinski definition) is 3. The number of allylic oxidation sites excluding steroid dienone is 2. The topological polar surface area (TPSA) is 41.6 Å². The number of nitrogens with zero attached hydrogens (tertiary/aromatic N) is 1. The smallest absolute Gasteiger partial charge is 0.252 e. The third kappa shape index (κ3) is 5.68. The molecule has 1 aliphatic carbocycles. The lowest BCUT2D eigenvalue weighted by atomic mass is 9.95. The summed E-state index contributed by atoms with van der Waals surface area (Å²) in [6.07, 6.45) is 6.50. The number of rotatable bonds is 9. The van der Waals surface area contributed by atoms with Crippen LogP contribution in [0, 0.1) is 25.7 Å². The van der Waals surface area contributed by atoms with Crippen LogP contribution in [0.1, 0.15) is 57.0 Å². The van der Waals surface area contributed by atoms with Gasteiger partial charge < -0.3 is 15.0 Å². The Morgan fingerprint density at radius 1 is 0.970 bits per heavy atom. The van der Waals surface area contributed by atoms with Gasteiger partial charge in [0.15, 0.2) is 0 Å². The number of hydrogen-bond donors (Lipinski definition) is 1. The van der Waals surface area contributed by atoms with Gasteiger partial charge in [0.2, 0.25) is 0 Å². The van der Waals surface area contributed by atoms with Crippen LogP contribution in [0.2, 0.25) is 0 Å². The number of para-hydroxylation sites is 1. The third-order valence-corrected chi connectivity index (χ3v) is 6.50. The summed E-state index contributed by atoms with van der Waals surface area (Å²) in [6.45, 7) is 13.0. The third-order valence-electron chi connectivity index (χ3n) is 6.50. The van der Waals surface area contributed by atoms with Gasteiger partial charge in [0, 0.05) is 18.3 Å². The summed E-state index contributed by atoms with van der Waals surface area (Å²) in [6, 6.07) is 14.3. The summed E-state index contributed by atoms with van der Waals surface area (Å²) < 4.78 is 6.47. The first-order valence-electron chi connectivity index (χ1n) is 11.9. The highest BCUT2D eigenvalue weighted by molar-refractivity contribution is 5.97. The van der Waals surface area contributed by atoms with Crippen LogP contribution in [0.5, 0.6) is 5.75 Å². The van der Waals surface area contributed by atoms with Crippen molar-refractivity contribution in [3.05, 3.63) is 83.0 Å². The highest BCUT2D eigenvalue weighted by atomic mass is 16.5. The van der Waals surface area contributed by atoms with E-state index in [9.17, 15) is 4.79 Å². The maximum Gasteiger partial charge on any atom is 0.252 e. The fourth-order valence-corrected chi connectivity index (χ4v) is 4.46. The lowest BCUT2D eigenvalue weighted by Gasteiger charge is -2.33. The van der Waals surface area contributed by atoms with Crippen molar-refractivity contribution < 1.29 is 9.53 Å². The molecule has 1 N–H and O–H groups in total. The second-order valence-electron chi connectivity index (χ2n) is 9.59. The molecule has 1 aliphatic rings. The van der Waals surface area contributed by atoms with Gasteiger partial charge in [-0.1, -0.05) is 70.2 Å². The number of nitrogens with one attached hydrogen (secondary N) is 1. The number of benzene rings is 2. The van der Waals surface area contributed by atoms with Gasteiger partial charge in [-0.3, -0.25) is 4.79 Å². The highest BCUT2D eigenvalue weighted by Gasteiger charge is 2.26. The Morgan fingerprint density at radius 2 is 1.64 bits per heavy atom. The van der Waals surface area contributed by atoms with E-state index in [-0.39, 0.29) is 18.2 Å². The molecule has 0 heterocycles. The molecule has 1 atom stereocenters. The molecule has 4 nitrogen and oxygen atoms in total. The Hall–Kier alpha value is -3.01. The minimum absolute atomic E-state index is 0.0615. The Bertz CT molecular complexity index is 1010. The zero-order valence-electron chi connectivity index (χ0n) is 21.1. The second-order valence-corrected chi connectivity index (χ2v) is 9.59. The van der Waals surface area contributed by atoms with Gasteiger partial charge in [0.1, 0.15) is 18.0 Å². The molecular formula is C29H38N2O2. The molecule has 0 saturated carbocycles. The molecule has 2 aromatic rings. The predicted octanol–water partition coefficient (Wildman–Crippen LogP) is 6.50. The van der Waals surface area contributed by atoms with E-state index in [0.717, 1.165) is 34.5 Å². The maximum atomic E-state index is 13.0. The molecule has 0 fully saturated rings. The van der Waals surface area contributed by atoms with E-state index in [1.165, 1.54) is 0 Å². The summed E-state index contributed by atoms with van der Waals surface area (Å²) in [5.74, 6) is 1.70. The van der Waals surface area contributed by atoms with E-state index in [1.807, 2.05) is 43.5 Å². The van der Waals surface area contributed by atoms with Crippen molar-refractivity contribution in [1.29, 1.82) is 0 Å². The van der Waals surface area contributed by atoms with Crippen LogP contribution in [0.4, 0.5) is 5.69 Å². The van der Waals surface area contributed by atoms with Crippen molar-refractivity contribution in [2.75, 3.05) is 11.9 Å². The van der Waals surface area contributed by atoms with E-state index in [4.69, 9.17) is 4.74 Å². The second kappa shape index (κ2) is 10.7. The van der Waals surface area contributed by atoms with E-state index in [1.54, 1.807) is 0 Å². The van der Waals surface area contributed by atoms with Crippen LogP contribution in [0.15, 0.2) is 66.3 Å². The monoisotopic (exact) mass is 446 g/mol. The molecule has 33 heavy (non-hydrogen) atoms. The Labute approximate surface area is 199 Å². The number of amides is 1. The Morgan fingerprint density at radius 3 is 2.21 bits per heavy atom. The molecule has 3 rings (SSSR count). The zero-order valence-corrected chi connectivity index (χ0v) is 21.1. The van der Waals surface area contributed by atoms with Gasteiger partial charge in [0.25, 0.3) is 5.91 Å². The minimum Gasteiger partial charge on any atom is -0.490 e. The van der Waals surface area contributed by atoms with E-state index < -0.39 is 0 Å². The number of carbonyl (C=O) groups is 1. The van der Waals surface area contributed by atoms with E-state index in [0.29, 0.717) is 17.4 Å². The average molecular weight is 447 g/mol. The molecule has 0 saturated heterocycles. The largest absolute Gasteiger partial charge is 0.490 e. The molecule has 1 unspecified atom stereocenters. The lowest BCUT2D eigenvalue weighted by Crippen LogP contribution is -2.40. The quantitative estimate of drug-likeness (QED) is 0.447. The summed E-state index contributed by atoms with van der Waals surface area (Å²) in [4.78, 5) is 15.2. The molecule has 0 aliphatic heterocycles. The van der Waals surface area contributed by atoms with Crippen LogP contribution in [-0.2, 0) is 4.79 Å². The maximum absolute atomic E-state index is 13.0. The Balaban J connectivity index is 1.98. The molecule has 0 spiro atoms. The van der Waals surface area contributed by atoms with Gasteiger partial charge >= 0.3 is 0 Å².